The molecule has 0 amide bonds. The third-order valence-corrected chi connectivity index (χ3v) is 1.000. The van der Waals surface area contributed by atoms with Crippen molar-refractivity contribution in [3.05, 3.63) is 0 Å². The Bertz CT molecular complexity index is 66.8. The monoisotopic (exact) mass is 87.1 g/mol. The molecule has 36 valence electrons. The first-order chi connectivity index (χ1) is 3.80. The zero-order valence-electron chi connectivity index (χ0n) is 5.85. The summed E-state index contributed by atoms with van der Waals surface area (Å²) in [5.41, 5.74) is 0. The molecule has 0 radical (unpaired) electrons. The minimum absolute atomic E-state index is 0.247. The number of hydrogen-bond acceptors (Lipinski definition) is 1. The fourth-order valence-corrected chi connectivity index (χ4v) is 0.621. The smallest absolute Gasteiger partial charge is 0.122 e. The van der Waals surface area contributed by atoms with Gasteiger partial charge in [-0.3, -0.25) is 0 Å². The van der Waals surface area contributed by atoms with E-state index < -0.39 is 0 Å². The summed E-state index contributed by atoms with van der Waals surface area (Å²) in [5, 5.41) is 1.35. The Balaban J connectivity index is 2.28. The molecule has 1 fully saturated rings. The van der Waals surface area contributed by atoms with Gasteiger partial charge in [0.05, 0.1) is 0 Å². The summed E-state index contributed by atoms with van der Waals surface area (Å²) in [6.45, 7) is 0.539. The highest BCUT2D eigenvalue weighted by Crippen LogP contribution is 1.96. The fourth-order valence-electron chi connectivity index (χ4n) is 0.621. The van der Waals surface area contributed by atoms with E-state index in [1.807, 2.05) is 0 Å². The molecular formula is C5H11N. The molecule has 1 atom stereocenters. The third kappa shape index (κ3) is 0.977. The first-order valence-corrected chi connectivity index (χ1v) is 2.48. The quantitative estimate of drug-likeness (QED) is 0.460. The normalized spacial score (nSPS) is 44.3. The van der Waals surface area contributed by atoms with Gasteiger partial charge in [0.25, 0.3) is 0 Å². The van der Waals surface area contributed by atoms with Crippen molar-refractivity contribution in [3.8, 4) is 0 Å². The lowest BCUT2D eigenvalue weighted by Crippen LogP contribution is -2.21. The van der Waals surface area contributed by atoms with E-state index in [0.717, 1.165) is 25.8 Å². The maximum absolute atomic E-state index is 7.22. The Hall–Kier alpha value is -0.0400. The molecule has 6 heavy (non-hydrogen) atoms. The zero-order chi connectivity index (χ0) is 5.98. The van der Waals surface area contributed by atoms with Crippen molar-refractivity contribution in [2.24, 2.45) is 0 Å². The average molecular weight is 87.2 g/mol. The maximum atomic E-state index is 7.22. The standard InChI is InChI=1S/C5H11N/c1-2-4-6-5-3-1/h6H,1-5H2/i4D/hD. The summed E-state index contributed by atoms with van der Waals surface area (Å²) in [4.78, 5) is 0. The Kier molecular flexibility index (Phi) is 0.845. The van der Waals surface area contributed by atoms with Crippen LogP contribution in [0.5, 0.6) is 0 Å². The summed E-state index contributed by atoms with van der Waals surface area (Å²) >= 11 is 0. The van der Waals surface area contributed by atoms with Crippen LogP contribution in [0.4, 0.5) is 0 Å². The van der Waals surface area contributed by atoms with Gasteiger partial charge < -0.3 is 5.31 Å². The topological polar surface area (TPSA) is 12.0 Å². The minimum Gasteiger partial charge on any atom is -0.317 e. The van der Waals surface area contributed by atoms with Crippen molar-refractivity contribution in [1.29, 1.82) is 0 Å². The minimum atomic E-state index is -0.247. The van der Waals surface area contributed by atoms with Gasteiger partial charge in [-0.1, -0.05) is 6.42 Å². The van der Waals surface area contributed by atoms with E-state index in [4.69, 9.17) is 2.78 Å². The largest absolute Gasteiger partial charge is 0.317 e. The van der Waals surface area contributed by atoms with Crippen LogP contribution >= 0.6 is 0 Å². The van der Waals surface area contributed by atoms with Gasteiger partial charge in [0.2, 0.25) is 0 Å². The zero-order valence-corrected chi connectivity index (χ0v) is 3.85. The summed E-state index contributed by atoms with van der Waals surface area (Å²) < 4.78 is 14.3. The lowest BCUT2D eigenvalue weighted by atomic mass is 10.2. The van der Waals surface area contributed by atoms with Gasteiger partial charge in [-0.15, -0.1) is 0 Å². The Morgan fingerprint density at radius 1 is 1.50 bits per heavy atom. The molecule has 1 N–H and O–H groups in total. The van der Waals surface area contributed by atoms with Crippen molar-refractivity contribution in [1.82, 2.24) is 5.31 Å². The van der Waals surface area contributed by atoms with Gasteiger partial charge in [0.1, 0.15) is 1.41 Å². The van der Waals surface area contributed by atoms with Gasteiger partial charge in [-0.05, 0) is 25.9 Å². The molecule has 1 nitrogen and oxygen atoms in total. The summed E-state index contributed by atoms with van der Waals surface area (Å²) in [7, 11) is 0. The van der Waals surface area contributed by atoms with Gasteiger partial charge >= 0.3 is 0 Å². The van der Waals surface area contributed by atoms with Crippen LogP contribution in [0.3, 0.4) is 0 Å². The van der Waals surface area contributed by atoms with Crippen LogP contribution in [0.25, 0.3) is 0 Å². The van der Waals surface area contributed by atoms with E-state index in [1.165, 1.54) is 5.31 Å². The second-order valence-corrected chi connectivity index (χ2v) is 1.58. The van der Waals surface area contributed by atoms with Crippen molar-refractivity contribution >= 4 is 0 Å². The van der Waals surface area contributed by atoms with Crippen molar-refractivity contribution in [2.75, 3.05) is 13.1 Å². The van der Waals surface area contributed by atoms with E-state index in [0.29, 0.717) is 0 Å². The highest BCUT2D eigenvalue weighted by Gasteiger charge is 1.93. The maximum Gasteiger partial charge on any atom is 0.122 e. The Morgan fingerprint density at radius 2 is 2.50 bits per heavy atom. The van der Waals surface area contributed by atoms with E-state index in [9.17, 15) is 0 Å². The molecule has 1 heterocycles. The average Bonchev–Trinajstić information content (AvgIpc) is 1.77. The van der Waals surface area contributed by atoms with Crippen LogP contribution in [0.1, 0.15) is 20.6 Å². The highest BCUT2D eigenvalue weighted by molar-refractivity contribution is 4.55. The molecule has 0 aromatic carbocycles. The summed E-state index contributed by atoms with van der Waals surface area (Å²) in [6.07, 6.45) is 3.10. The number of hydrogen-bond donors (Lipinski definition) is 1. The van der Waals surface area contributed by atoms with Gasteiger partial charge in [0, 0.05) is 1.37 Å². The highest BCUT2D eigenvalue weighted by atomic mass is 14.9. The van der Waals surface area contributed by atoms with Crippen LogP contribution in [0.2, 0.25) is 1.41 Å². The number of rotatable bonds is 0. The second kappa shape index (κ2) is 2.19. The summed E-state index contributed by atoms with van der Waals surface area (Å²) in [5.74, 6) is 0. The first-order valence-electron chi connectivity index (χ1n) is 3.51. The molecule has 1 aliphatic rings. The molecular weight excluding hydrogens is 74.1 g/mol. The lowest BCUT2D eigenvalue weighted by Gasteiger charge is -2.08. The van der Waals surface area contributed by atoms with Crippen LogP contribution in [-0.4, -0.2) is 13.1 Å². The Labute approximate surface area is 41.6 Å². The van der Waals surface area contributed by atoms with Gasteiger partial charge in [-0.2, -0.15) is 0 Å². The molecule has 0 bridgehead atoms. The third-order valence-electron chi connectivity index (χ3n) is 1.000. The molecule has 0 spiro atoms. The first kappa shape index (κ1) is 2.31. The van der Waals surface area contributed by atoms with E-state index in [2.05, 4.69) is 0 Å². The summed E-state index contributed by atoms with van der Waals surface area (Å²) in [6, 6.07) is 0. The predicted octanol–water partition coefficient (Wildman–Crippen LogP) is 0.760. The van der Waals surface area contributed by atoms with Gasteiger partial charge in [0.15, 0.2) is 0 Å². The molecule has 0 aromatic heterocycles. The van der Waals surface area contributed by atoms with Crippen LogP contribution in [0, 0.1) is 0 Å². The van der Waals surface area contributed by atoms with E-state index in [-0.39, 0.29) is 6.52 Å². The lowest BCUT2D eigenvalue weighted by molar-refractivity contribution is 0.520. The van der Waals surface area contributed by atoms with Crippen molar-refractivity contribution in [2.45, 2.75) is 19.3 Å². The Morgan fingerprint density at radius 3 is 3.00 bits per heavy atom. The van der Waals surface area contributed by atoms with Crippen LogP contribution in [-0.2, 0) is 0 Å². The fraction of sp³-hybridized carbons (Fsp3) is 1.00. The SMILES string of the molecule is [2H]C1CCCCN1[2H]. The molecule has 0 aromatic rings. The number of piperidine rings is 1. The number of nitrogens with one attached hydrogen (secondary N) is 1. The van der Waals surface area contributed by atoms with Crippen molar-refractivity contribution < 1.29 is 2.78 Å². The second-order valence-electron chi connectivity index (χ2n) is 1.58. The van der Waals surface area contributed by atoms with Gasteiger partial charge in [-0.25, -0.2) is 0 Å². The predicted molar refractivity (Wildman–Crippen MR) is 26.7 cm³/mol. The van der Waals surface area contributed by atoms with E-state index >= 15 is 0 Å². The van der Waals surface area contributed by atoms with Crippen LogP contribution in [0.15, 0.2) is 0 Å². The van der Waals surface area contributed by atoms with E-state index in [1.54, 1.807) is 0 Å². The molecule has 0 aliphatic carbocycles. The molecule has 1 unspecified atom stereocenters. The molecule has 1 rings (SSSR count). The molecule has 1 aliphatic heterocycles. The molecule has 1 heteroatoms. The van der Waals surface area contributed by atoms with Crippen molar-refractivity contribution in [3.63, 3.8) is 0 Å². The molecule has 1 saturated heterocycles. The molecule has 0 saturated carbocycles. The van der Waals surface area contributed by atoms with Crippen LogP contribution < -0.4 is 5.31 Å².